The lowest BCUT2D eigenvalue weighted by molar-refractivity contribution is 1.16. The summed E-state index contributed by atoms with van der Waals surface area (Å²) in [7, 11) is 0. The fourth-order valence-corrected chi connectivity index (χ4v) is 1.50. The van der Waals surface area contributed by atoms with E-state index in [-0.39, 0.29) is 0 Å². The van der Waals surface area contributed by atoms with Gasteiger partial charge in [-0.25, -0.2) is 0 Å². The maximum absolute atomic E-state index is 3.85. The molecule has 0 aromatic heterocycles. The molecule has 0 amide bonds. The molecule has 0 N–H and O–H groups in total. The Morgan fingerprint density at radius 1 is 1.14 bits per heavy atom. The van der Waals surface area contributed by atoms with E-state index in [0.29, 0.717) is 0 Å². The average Bonchev–Trinajstić information content (AvgIpc) is 2.27. The predicted octanol–water partition coefficient (Wildman–Crippen LogP) is 4.22. The van der Waals surface area contributed by atoms with Crippen molar-refractivity contribution in [1.82, 2.24) is 0 Å². The maximum Gasteiger partial charge on any atom is -0.0158 e. The molecule has 0 aliphatic heterocycles. The summed E-state index contributed by atoms with van der Waals surface area (Å²) in [5.74, 6) is 0. The summed E-state index contributed by atoms with van der Waals surface area (Å²) in [6.45, 7) is 9.80. The quantitative estimate of drug-likeness (QED) is 0.614. The normalized spacial score (nSPS) is 11.8. The molecule has 0 nitrogen and oxygen atoms in total. The number of benzene rings is 1. The van der Waals surface area contributed by atoms with E-state index >= 15 is 0 Å². The highest BCUT2D eigenvalue weighted by molar-refractivity contribution is 5.77. The van der Waals surface area contributed by atoms with Gasteiger partial charge in [0.25, 0.3) is 0 Å². The number of allylic oxidation sites excluding steroid dienone is 4. The van der Waals surface area contributed by atoms with Crippen LogP contribution in [-0.4, -0.2) is 0 Å². The first-order valence-corrected chi connectivity index (χ1v) is 4.87. The minimum Gasteiger partial charge on any atom is -0.0988 e. The van der Waals surface area contributed by atoms with E-state index < -0.39 is 0 Å². The summed E-state index contributed by atoms with van der Waals surface area (Å²) in [5, 5.41) is 0. The van der Waals surface area contributed by atoms with Crippen molar-refractivity contribution in [3.8, 4) is 0 Å². The second kappa shape index (κ2) is 5.23. The van der Waals surface area contributed by atoms with Gasteiger partial charge in [-0.2, -0.15) is 0 Å². The van der Waals surface area contributed by atoms with E-state index in [2.05, 4.69) is 32.2 Å². The lowest BCUT2D eigenvalue weighted by Crippen LogP contribution is -1.85. The highest BCUT2D eigenvalue weighted by atomic mass is 14.0. The zero-order chi connectivity index (χ0) is 10.4. The monoisotopic (exact) mass is 184 g/mol. The number of hydrogen-bond donors (Lipinski definition) is 0. The van der Waals surface area contributed by atoms with Gasteiger partial charge in [0.15, 0.2) is 0 Å². The molecule has 0 saturated heterocycles. The Morgan fingerprint density at radius 3 is 2.21 bits per heavy atom. The van der Waals surface area contributed by atoms with Crippen LogP contribution in [0.4, 0.5) is 0 Å². The molecule has 0 bridgehead atoms. The van der Waals surface area contributed by atoms with Crippen molar-refractivity contribution in [3.63, 3.8) is 0 Å². The minimum atomic E-state index is 0.986. The second-order valence-corrected chi connectivity index (χ2v) is 3.07. The highest BCUT2D eigenvalue weighted by Gasteiger charge is 2.00. The Kier molecular flexibility index (Phi) is 3.93. The van der Waals surface area contributed by atoms with Gasteiger partial charge in [0, 0.05) is 0 Å². The van der Waals surface area contributed by atoms with E-state index in [1.54, 1.807) is 0 Å². The zero-order valence-electron chi connectivity index (χ0n) is 8.66. The van der Waals surface area contributed by atoms with Crippen LogP contribution < -0.4 is 0 Å². The molecule has 1 aromatic carbocycles. The van der Waals surface area contributed by atoms with Crippen molar-refractivity contribution in [2.45, 2.75) is 13.3 Å². The summed E-state index contributed by atoms with van der Waals surface area (Å²) in [6, 6.07) is 10.3. The molecule has 0 atom stereocenters. The fraction of sp³-hybridized carbons (Fsp3) is 0.143. The van der Waals surface area contributed by atoms with Crippen molar-refractivity contribution in [2.75, 3.05) is 0 Å². The summed E-state index contributed by atoms with van der Waals surface area (Å²) < 4.78 is 0. The molecule has 0 saturated carbocycles. The third-order valence-corrected chi connectivity index (χ3v) is 2.26. The van der Waals surface area contributed by atoms with Crippen LogP contribution in [0.5, 0.6) is 0 Å². The number of rotatable bonds is 4. The topological polar surface area (TPSA) is 0 Å². The lowest BCUT2D eigenvalue weighted by atomic mass is 9.98. The Hall–Kier alpha value is -1.56. The molecule has 0 fully saturated rings. The molecule has 1 rings (SSSR count). The predicted molar refractivity (Wildman–Crippen MR) is 64.0 cm³/mol. The van der Waals surface area contributed by atoms with Gasteiger partial charge in [-0.3, -0.25) is 0 Å². The summed E-state index contributed by atoms with van der Waals surface area (Å²) >= 11 is 0. The minimum absolute atomic E-state index is 0.986. The fourth-order valence-electron chi connectivity index (χ4n) is 1.50. The molecular weight excluding hydrogens is 168 g/mol. The van der Waals surface area contributed by atoms with Gasteiger partial charge in [-0.15, -0.1) is 0 Å². The van der Waals surface area contributed by atoms with E-state index in [1.807, 2.05) is 30.4 Å². The van der Waals surface area contributed by atoms with E-state index in [1.165, 1.54) is 16.7 Å². The summed E-state index contributed by atoms with van der Waals surface area (Å²) in [5.41, 5.74) is 3.63. The van der Waals surface area contributed by atoms with Crippen LogP contribution >= 0.6 is 0 Å². The van der Waals surface area contributed by atoms with Crippen molar-refractivity contribution >= 4 is 5.57 Å². The third-order valence-electron chi connectivity index (χ3n) is 2.26. The van der Waals surface area contributed by atoms with Crippen LogP contribution in [0.15, 0.2) is 61.2 Å². The van der Waals surface area contributed by atoms with Gasteiger partial charge in [0.1, 0.15) is 0 Å². The summed E-state index contributed by atoms with van der Waals surface area (Å²) in [4.78, 5) is 0. The van der Waals surface area contributed by atoms with Crippen molar-refractivity contribution in [3.05, 3.63) is 66.8 Å². The first-order valence-electron chi connectivity index (χ1n) is 4.87. The second-order valence-electron chi connectivity index (χ2n) is 3.07. The van der Waals surface area contributed by atoms with Crippen LogP contribution in [0, 0.1) is 0 Å². The molecular formula is C14H16. The molecule has 0 unspecified atom stereocenters. The molecule has 0 spiro atoms. The van der Waals surface area contributed by atoms with Crippen molar-refractivity contribution in [1.29, 1.82) is 0 Å². The first-order chi connectivity index (χ1) is 6.83. The molecule has 0 aliphatic rings. The van der Waals surface area contributed by atoms with Gasteiger partial charge >= 0.3 is 0 Å². The van der Waals surface area contributed by atoms with Gasteiger partial charge in [0.05, 0.1) is 0 Å². The Labute approximate surface area is 86.3 Å². The van der Waals surface area contributed by atoms with Crippen molar-refractivity contribution in [2.24, 2.45) is 0 Å². The van der Waals surface area contributed by atoms with Crippen LogP contribution in [-0.2, 0) is 0 Å². The van der Waals surface area contributed by atoms with Gasteiger partial charge < -0.3 is 0 Å². The first kappa shape index (κ1) is 10.5. The third kappa shape index (κ3) is 2.23. The van der Waals surface area contributed by atoms with Gasteiger partial charge in [0.2, 0.25) is 0 Å². The molecule has 0 aliphatic carbocycles. The standard InChI is InChI=1S/C14H16/c1-4-12(5-2)14(6-3)13-10-8-7-9-11-13/h4,6-11H,1,3,5H2,2H3. The van der Waals surface area contributed by atoms with E-state index in [9.17, 15) is 0 Å². The Bertz CT molecular complexity index is 342. The Morgan fingerprint density at radius 2 is 1.79 bits per heavy atom. The van der Waals surface area contributed by atoms with Gasteiger partial charge in [-0.1, -0.05) is 62.6 Å². The van der Waals surface area contributed by atoms with Gasteiger partial charge in [-0.05, 0) is 23.1 Å². The van der Waals surface area contributed by atoms with Crippen LogP contribution in [0.25, 0.3) is 5.57 Å². The molecule has 0 radical (unpaired) electrons. The lowest BCUT2D eigenvalue weighted by Gasteiger charge is -2.07. The van der Waals surface area contributed by atoms with E-state index in [0.717, 1.165) is 6.42 Å². The summed E-state index contributed by atoms with van der Waals surface area (Å²) in [6.07, 6.45) is 4.79. The zero-order valence-corrected chi connectivity index (χ0v) is 8.66. The molecule has 0 heterocycles. The molecule has 14 heavy (non-hydrogen) atoms. The van der Waals surface area contributed by atoms with Crippen molar-refractivity contribution < 1.29 is 0 Å². The smallest absolute Gasteiger partial charge is 0.0158 e. The van der Waals surface area contributed by atoms with Crippen LogP contribution in [0.3, 0.4) is 0 Å². The average molecular weight is 184 g/mol. The molecule has 72 valence electrons. The highest BCUT2D eigenvalue weighted by Crippen LogP contribution is 2.22. The number of hydrogen-bond acceptors (Lipinski definition) is 0. The Balaban J connectivity index is 3.22. The largest absolute Gasteiger partial charge is 0.0988 e. The molecule has 0 heteroatoms. The van der Waals surface area contributed by atoms with Crippen LogP contribution in [0.1, 0.15) is 18.9 Å². The van der Waals surface area contributed by atoms with E-state index in [4.69, 9.17) is 0 Å². The molecule has 1 aromatic rings. The maximum atomic E-state index is 3.85. The SMILES string of the molecule is C=CC(CC)=C(C=C)c1ccccc1. The van der Waals surface area contributed by atoms with Crippen LogP contribution in [0.2, 0.25) is 0 Å².